The molecule has 132 valence electrons. The first-order chi connectivity index (χ1) is 12.2. The molecule has 1 atom stereocenters. The standard InChI is InChI=1S/C19H23N3O3/c1-2-3-10-19(20-21-19)11-9-18(23)22-12-13-24-17(14-22)15-25-16-7-5-4-6-8-16/h1,4-8,17H,3,9-15H2. The number of terminal acetylenes is 1. The van der Waals surface area contributed by atoms with E-state index in [1.165, 1.54) is 0 Å². The van der Waals surface area contributed by atoms with Crippen molar-refractivity contribution in [1.29, 1.82) is 0 Å². The molecule has 2 aliphatic heterocycles. The first kappa shape index (κ1) is 17.4. The van der Waals surface area contributed by atoms with Crippen molar-refractivity contribution in [3.05, 3.63) is 30.3 Å². The zero-order valence-electron chi connectivity index (χ0n) is 14.3. The third kappa shape index (κ3) is 5.04. The molecule has 1 aromatic rings. The van der Waals surface area contributed by atoms with E-state index in [9.17, 15) is 4.79 Å². The Morgan fingerprint density at radius 3 is 2.88 bits per heavy atom. The van der Waals surface area contributed by atoms with Gasteiger partial charge in [0.25, 0.3) is 0 Å². The van der Waals surface area contributed by atoms with Gasteiger partial charge in [0.2, 0.25) is 5.91 Å². The van der Waals surface area contributed by atoms with Crippen molar-refractivity contribution in [2.75, 3.05) is 26.3 Å². The van der Waals surface area contributed by atoms with E-state index in [0.29, 0.717) is 45.6 Å². The normalized spacial score (nSPS) is 20.8. The van der Waals surface area contributed by atoms with Crippen LogP contribution in [-0.4, -0.2) is 48.9 Å². The lowest BCUT2D eigenvalue weighted by Crippen LogP contribution is -2.47. The maximum Gasteiger partial charge on any atom is 0.222 e. The Balaban J connectivity index is 1.41. The van der Waals surface area contributed by atoms with Gasteiger partial charge in [0, 0.05) is 32.2 Å². The second-order valence-corrected chi connectivity index (χ2v) is 6.34. The molecular formula is C19H23N3O3. The Morgan fingerprint density at radius 1 is 1.36 bits per heavy atom. The number of carbonyl (C=O) groups excluding carboxylic acids is 1. The molecule has 6 nitrogen and oxygen atoms in total. The highest BCUT2D eigenvalue weighted by molar-refractivity contribution is 5.76. The van der Waals surface area contributed by atoms with Crippen LogP contribution >= 0.6 is 0 Å². The summed E-state index contributed by atoms with van der Waals surface area (Å²) in [5.41, 5.74) is -0.399. The third-order valence-corrected chi connectivity index (χ3v) is 4.46. The molecule has 0 aliphatic carbocycles. The van der Waals surface area contributed by atoms with Crippen LogP contribution in [0.25, 0.3) is 0 Å². The molecule has 0 radical (unpaired) electrons. The second-order valence-electron chi connectivity index (χ2n) is 6.34. The number of nitrogens with zero attached hydrogens (tertiary/aromatic N) is 3. The number of amides is 1. The van der Waals surface area contributed by atoms with Crippen molar-refractivity contribution in [3.63, 3.8) is 0 Å². The summed E-state index contributed by atoms with van der Waals surface area (Å²) < 4.78 is 11.4. The summed E-state index contributed by atoms with van der Waals surface area (Å²) in [4.78, 5) is 14.3. The number of rotatable bonds is 8. The number of ether oxygens (including phenoxy) is 2. The highest BCUT2D eigenvalue weighted by atomic mass is 16.5. The topological polar surface area (TPSA) is 63.5 Å². The Morgan fingerprint density at radius 2 is 2.16 bits per heavy atom. The molecule has 25 heavy (non-hydrogen) atoms. The molecule has 0 spiro atoms. The molecule has 0 saturated carbocycles. The quantitative estimate of drug-likeness (QED) is 0.683. The van der Waals surface area contributed by atoms with Crippen LogP contribution in [0.1, 0.15) is 25.7 Å². The molecule has 1 unspecified atom stereocenters. The van der Waals surface area contributed by atoms with E-state index in [2.05, 4.69) is 16.1 Å². The minimum absolute atomic E-state index is 0.108. The minimum atomic E-state index is -0.399. The van der Waals surface area contributed by atoms with Gasteiger partial charge in [-0.3, -0.25) is 4.79 Å². The van der Waals surface area contributed by atoms with E-state index < -0.39 is 5.66 Å². The molecule has 6 heteroatoms. The Bertz CT molecular complexity index is 648. The van der Waals surface area contributed by atoms with E-state index in [1.807, 2.05) is 35.2 Å². The fraction of sp³-hybridized carbons (Fsp3) is 0.526. The van der Waals surface area contributed by atoms with E-state index in [-0.39, 0.29) is 12.0 Å². The van der Waals surface area contributed by atoms with Gasteiger partial charge in [-0.25, -0.2) is 0 Å². The van der Waals surface area contributed by atoms with Gasteiger partial charge < -0.3 is 14.4 Å². The lowest BCUT2D eigenvalue weighted by Gasteiger charge is -2.33. The summed E-state index contributed by atoms with van der Waals surface area (Å²) in [7, 11) is 0. The fourth-order valence-electron chi connectivity index (χ4n) is 2.89. The van der Waals surface area contributed by atoms with Crippen molar-refractivity contribution in [2.24, 2.45) is 10.2 Å². The molecule has 0 bridgehead atoms. The van der Waals surface area contributed by atoms with Gasteiger partial charge in [0.15, 0.2) is 5.66 Å². The molecule has 2 heterocycles. The Kier molecular flexibility index (Phi) is 5.67. The first-order valence-electron chi connectivity index (χ1n) is 8.65. The average Bonchev–Trinajstić information content (AvgIpc) is 3.44. The molecule has 3 rings (SSSR count). The second kappa shape index (κ2) is 8.13. The van der Waals surface area contributed by atoms with Gasteiger partial charge in [0.05, 0.1) is 13.2 Å². The number of hydrogen-bond donors (Lipinski definition) is 0. The molecule has 0 aromatic heterocycles. The van der Waals surface area contributed by atoms with Crippen LogP contribution in [-0.2, 0) is 9.53 Å². The first-order valence-corrected chi connectivity index (χ1v) is 8.65. The largest absolute Gasteiger partial charge is 0.491 e. The molecule has 1 fully saturated rings. The lowest BCUT2D eigenvalue weighted by molar-refractivity contribution is -0.140. The van der Waals surface area contributed by atoms with Crippen LogP contribution in [0.15, 0.2) is 40.6 Å². The van der Waals surface area contributed by atoms with E-state index >= 15 is 0 Å². The van der Waals surface area contributed by atoms with E-state index in [0.717, 1.165) is 12.2 Å². The van der Waals surface area contributed by atoms with E-state index in [1.54, 1.807) is 0 Å². The van der Waals surface area contributed by atoms with Crippen LogP contribution in [0.5, 0.6) is 5.75 Å². The smallest absolute Gasteiger partial charge is 0.222 e. The SMILES string of the molecule is C#CCCC1(CCC(=O)N2CCOC(COc3ccccc3)C2)N=N1. The van der Waals surface area contributed by atoms with Crippen LogP contribution in [0.2, 0.25) is 0 Å². The maximum atomic E-state index is 12.5. The highest BCUT2D eigenvalue weighted by Crippen LogP contribution is 2.37. The van der Waals surface area contributed by atoms with Gasteiger partial charge in [-0.05, 0) is 12.1 Å². The van der Waals surface area contributed by atoms with Crippen molar-refractivity contribution in [2.45, 2.75) is 37.5 Å². The molecule has 0 N–H and O–H groups in total. The summed E-state index contributed by atoms with van der Waals surface area (Å²) in [6, 6.07) is 9.61. The van der Waals surface area contributed by atoms with Gasteiger partial charge in [-0.15, -0.1) is 12.3 Å². The number of benzene rings is 1. The van der Waals surface area contributed by atoms with Crippen LogP contribution in [0.4, 0.5) is 0 Å². The Labute approximate surface area is 148 Å². The number of morpholine rings is 1. The van der Waals surface area contributed by atoms with Crippen molar-refractivity contribution in [1.82, 2.24) is 4.90 Å². The van der Waals surface area contributed by atoms with Crippen molar-refractivity contribution >= 4 is 5.91 Å². The van der Waals surface area contributed by atoms with Crippen LogP contribution in [0, 0.1) is 12.3 Å². The number of hydrogen-bond acceptors (Lipinski definition) is 5. The Hall–Kier alpha value is -2.39. The maximum absolute atomic E-state index is 12.5. The molecule has 1 amide bonds. The van der Waals surface area contributed by atoms with Gasteiger partial charge in [-0.1, -0.05) is 18.2 Å². The fourth-order valence-corrected chi connectivity index (χ4v) is 2.89. The monoisotopic (exact) mass is 341 g/mol. The minimum Gasteiger partial charge on any atom is -0.491 e. The summed E-state index contributed by atoms with van der Waals surface area (Å²) in [6.07, 6.45) is 7.62. The summed E-state index contributed by atoms with van der Waals surface area (Å²) >= 11 is 0. The van der Waals surface area contributed by atoms with Crippen molar-refractivity contribution in [3.8, 4) is 18.1 Å². The molecule has 1 aromatic carbocycles. The predicted octanol–water partition coefficient (Wildman–Crippen LogP) is 2.65. The lowest BCUT2D eigenvalue weighted by atomic mass is 10.0. The van der Waals surface area contributed by atoms with E-state index in [4.69, 9.17) is 15.9 Å². The van der Waals surface area contributed by atoms with Crippen LogP contribution in [0.3, 0.4) is 0 Å². The summed E-state index contributed by atoms with van der Waals surface area (Å²) in [5.74, 6) is 3.53. The zero-order chi connectivity index (χ0) is 17.5. The molecule has 1 saturated heterocycles. The summed E-state index contributed by atoms with van der Waals surface area (Å²) in [5, 5.41) is 8.16. The van der Waals surface area contributed by atoms with Gasteiger partial charge >= 0.3 is 0 Å². The predicted molar refractivity (Wildman–Crippen MR) is 93.1 cm³/mol. The number of para-hydroxylation sites is 1. The average molecular weight is 341 g/mol. The summed E-state index contributed by atoms with van der Waals surface area (Å²) in [6.45, 7) is 2.14. The third-order valence-electron chi connectivity index (χ3n) is 4.46. The van der Waals surface area contributed by atoms with Crippen molar-refractivity contribution < 1.29 is 14.3 Å². The molecular weight excluding hydrogens is 318 g/mol. The molecule has 2 aliphatic rings. The van der Waals surface area contributed by atoms with Gasteiger partial charge in [-0.2, -0.15) is 10.2 Å². The number of carbonyl (C=O) groups is 1. The zero-order valence-corrected chi connectivity index (χ0v) is 14.3. The van der Waals surface area contributed by atoms with Crippen LogP contribution < -0.4 is 4.74 Å². The highest BCUT2D eigenvalue weighted by Gasteiger charge is 2.39. The van der Waals surface area contributed by atoms with Gasteiger partial charge in [0.1, 0.15) is 18.5 Å².